The van der Waals surface area contributed by atoms with Crippen molar-refractivity contribution in [3.8, 4) is 0 Å². The van der Waals surface area contributed by atoms with Crippen LogP contribution in [0.4, 0.5) is 0 Å². The smallest absolute Gasteiger partial charge is 0.303 e. The zero-order chi connectivity index (χ0) is 81.6. The Morgan fingerprint density at radius 1 is 0.364 bits per heavy atom. The normalized spacial score (nSPS) is 14.6. The monoisotopic (exact) mass is 1520 g/mol. The highest BCUT2D eigenvalue weighted by Crippen LogP contribution is 2.26. The van der Waals surface area contributed by atoms with Crippen LogP contribution < -0.4 is 89.2 Å². The molecule has 0 radical (unpaired) electrons. The molecular weight excluding hydrogens is 1380 g/mol. The number of aliphatic carboxylic acids is 1. The number of hydrogen-bond acceptors (Lipinski definition) is 19. The molecule has 0 aliphatic carbocycles. The number of carbonyl (C=O) groups is 14. The Kier molecular flexibility index (Phi) is 49.0. The van der Waals surface area contributed by atoms with Gasteiger partial charge in [-0.2, -0.15) is 0 Å². The minimum Gasteiger partial charge on any atom is -0.481 e. The van der Waals surface area contributed by atoms with Crippen LogP contribution in [-0.4, -0.2) is 180 Å². The van der Waals surface area contributed by atoms with Crippen molar-refractivity contribution in [3.05, 3.63) is 0 Å². The predicted molar refractivity (Wildman–Crippen MR) is 409 cm³/mol. The molecule has 0 saturated carbocycles. The summed E-state index contributed by atoms with van der Waals surface area (Å²) in [5, 5.41) is 25.9. The van der Waals surface area contributed by atoms with E-state index in [1.807, 2.05) is 34.6 Å². The third-order valence-electron chi connectivity index (χ3n) is 18.1. The molecule has 608 valence electrons. The Labute approximate surface area is 630 Å². The molecule has 0 heterocycles. The van der Waals surface area contributed by atoms with Crippen LogP contribution in [0.1, 0.15) is 223 Å². The third kappa shape index (κ3) is 44.5. The first kappa shape index (κ1) is 97.8. The molecule has 0 saturated heterocycles. The largest absolute Gasteiger partial charge is 0.481 e. The number of amides is 7. The lowest BCUT2D eigenvalue weighted by Crippen LogP contribution is -2.49. The highest BCUT2D eigenvalue weighted by molar-refractivity contribution is 5.99. The van der Waals surface area contributed by atoms with Crippen LogP contribution in [0.3, 0.4) is 0 Å². The van der Waals surface area contributed by atoms with E-state index < -0.39 is 181 Å². The van der Waals surface area contributed by atoms with Crippen molar-refractivity contribution in [1.29, 1.82) is 0 Å². The first-order valence-electron chi connectivity index (χ1n) is 37.5. The van der Waals surface area contributed by atoms with Crippen LogP contribution >= 0.6 is 0 Å². The van der Waals surface area contributed by atoms with Gasteiger partial charge in [-0.3, -0.25) is 82.3 Å². The van der Waals surface area contributed by atoms with Gasteiger partial charge >= 0.3 is 5.97 Å². The van der Waals surface area contributed by atoms with Gasteiger partial charge in [0.2, 0.25) is 41.4 Å². The van der Waals surface area contributed by atoms with E-state index in [0.717, 1.165) is 0 Å². The number of nitrogens with zero attached hydrogens (tertiary/aromatic N) is 4. The van der Waals surface area contributed by atoms with Gasteiger partial charge < -0.3 is 99.1 Å². The number of carboxylic acids is 1. The molecule has 0 bridgehead atoms. The standard InChI is InChI=1S/C72H130N20O15/c1-11-43(8)50(35-44(9)93)68(107)91-53(23-26-62(100)101)56(94)24-25-61(99)88-54(33-41(4)5)59(97)38-48(20-16-30-85-71(79)80)65(104)89-51(21-12-13-27-73)57(95)36-46(18-14-28-83-69(75)76)64(103)90-52(22-17-31-86-72(81)82)58(96)37-47(19-15-29-84-70(77)78)66(105)92-55(34-42(6)7)60(98)39-49(32-40(2)3)67(106)87-45(10)63(74)102/h40-43,45-55H,11-39,73H2,1-10H3,(H2,74,102)(H,87,106)(H,88,99)(H,89,104)(H,90,103)(H,91,107)(H,92,105)(H,100,101)(H4,75,76,83)(H4,77,78,84)(H4,79,80,85)(H4,81,82,86)/t43-,45-,46+,47+,48+,49+,50-,51-,52-,53-,54-,55-/m0/s1. The van der Waals surface area contributed by atoms with Crippen LogP contribution in [0.2, 0.25) is 0 Å². The molecule has 0 aliphatic heterocycles. The number of hydrogen-bond donors (Lipinski definition) is 17. The van der Waals surface area contributed by atoms with Gasteiger partial charge in [0, 0.05) is 107 Å². The Hall–Kier alpha value is -9.18. The zero-order valence-corrected chi connectivity index (χ0v) is 64.9. The fourth-order valence-electron chi connectivity index (χ4n) is 12.1. The summed E-state index contributed by atoms with van der Waals surface area (Å²) in [6.07, 6.45) is -1.37. The lowest BCUT2D eigenvalue weighted by molar-refractivity contribution is -0.138. The maximum Gasteiger partial charge on any atom is 0.303 e. The lowest BCUT2D eigenvalue weighted by atomic mass is 9.86. The second kappa shape index (κ2) is 53.6. The van der Waals surface area contributed by atoms with Gasteiger partial charge in [-0.15, -0.1) is 0 Å². The SMILES string of the molecule is CC[C@H](C)[C@H](CC(C)=O)C(=O)N[C@@H](CCC(=O)O)C(=O)CCC(=O)N[C@@H](CC(C)C)C(=O)C[C@@H](CCCN=C(N)N)C(=O)N[C@@H](CCCCN)C(=O)C[C@@H](CCCN=C(N)N)C(=O)N[C@@H](CCCN=C(N)N)C(=O)C[C@@H](CCCN=C(N)N)C(=O)N[C@@H](CC(C)C)C(=O)C[C@@H](CC(C)C)C(=O)N[C@@H](C)C(N)=O. The van der Waals surface area contributed by atoms with Crippen LogP contribution in [0.15, 0.2) is 20.0 Å². The van der Waals surface area contributed by atoms with E-state index >= 15 is 0 Å². The number of aliphatic imine (C=N–C) groups is 4. The summed E-state index contributed by atoms with van der Waals surface area (Å²) in [5.41, 5.74) is 56.4. The molecule has 7 amide bonds. The van der Waals surface area contributed by atoms with Crippen LogP contribution in [0.25, 0.3) is 0 Å². The van der Waals surface area contributed by atoms with Crippen molar-refractivity contribution in [2.45, 2.75) is 260 Å². The number of guanidine groups is 4. The van der Waals surface area contributed by atoms with E-state index in [1.54, 1.807) is 20.8 Å². The summed E-state index contributed by atoms with van der Waals surface area (Å²) >= 11 is 0. The Balaban J connectivity index is 7.58. The second-order valence-corrected chi connectivity index (χ2v) is 29.2. The molecule has 0 aromatic carbocycles. The maximum atomic E-state index is 15.0. The Morgan fingerprint density at radius 3 is 1.07 bits per heavy atom. The highest BCUT2D eigenvalue weighted by Gasteiger charge is 2.37. The van der Waals surface area contributed by atoms with Gasteiger partial charge in [0.15, 0.2) is 52.8 Å². The van der Waals surface area contributed by atoms with Gasteiger partial charge in [-0.25, -0.2) is 0 Å². The van der Waals surface area contributed by atoms with Crippen molar-refractivity contribution >= 4 is 106 Å². The van der Waals surface area contributed by atoms with Gasteiger partial charge in [-0.05, 0) is 140 Å². The highest BCUT2D eigenvalue weighted by atomic mass is 16.4. The maximum absolute atomic E-state index is 15.0. The number of carbonyl (C=O) groups excluding carboxylic acids is 13. The molecule has 0 spiro atoms. The minimum absolute atomic E-state index is 0.00752. The molecule has 0 aromatic rings. The fourth-order valence-corrected chi connectivity index (χ4v) is 12.1. The molecule has 107 heavy (non-hydrogen) atoms. The molecule has 35 nitrogen and oxygen atoms in total. The van der Waals surface area contributed by atoms with Crippen molar-refractivity contribution in [2.75, 3.05) is 32.7 Å². The summed E-state index contributed by atoms with van der Waals surface area (Å²) in [6.45, 7) is 17.7. The minimum atomic E-state index is -1.34. The third-order valence-corrected chi connectivity index (χ3v) is 18.1. The van der Waals surface area contributed by atoms with E-state index in [2.05, 4.69) is 51.9 Å². The van der Waals surface area contributed by atoms with E-state index in [-0.39, 0.29) is 182 Å². The molecule has 35 heteroatoms. The summed E-state index contributed by atoms with van der Waals surface area (Å²) < 4.78 is 0. The Morgan fingerprint density at radius 2 is 0.710 bits per heavy atom. The first-order valence-corrected chi connectivity index (χ1v) is 37.5. The lowest BCUT2D eigenvalue weighted by Gasteiger charge is -2.27. The van der Waals surface area contributed by atoms with Gasteiger partial charge in [0.1, 0.15) is 11.8 Å². The van der Waals surface area contributed by atoms with Gasteiger partial charge in [-0.1, -0.05) is 61.8 Å². The quantitative estimate of drug-likeness (QED) is 0.0217. The molecule has 0 unspecified atom stereocenters. The number of Topliss-reactive ketones (excluding diaryl/α,β-unsaturated/α-hetero) is 6. The molecule has 12 atom stereocenters. The van der Waals surface area contributed by atoms with Gasteiger partial charge in [0.25, 0.3) is 0 Å². The number of unbranched alkanes of at least 4 members (excludes halogenated alkanes) is 1. The summed E-state index contributed by atoms with van der Waals surface area (Å²) in [7, 11) is 0. The molecular formula is C72H130N20O15. The van der Waals surface area contributed by atoms with E-state index in [0.29, 0.717) is 19.3 Å². The molecule has 0 fully saturated rings. The fraction of sp³-hybridized carbons (Fsp3) is 0.750. The van der Waals surface area contributed by atoms with Crippen molar-refractivity contribution in [3.63, 3.8) is 0 Å². The predicted octanol–water partition coefficient (Wildman–Crippen LogP) is 0.0392. The summed E-state index contributed by atoms with van der Waals surface area (Å²) in [5.74, 6) is -16.2. The average Bonchev–Trinajstić information content (AvgIpc) is 0.866. The summed E-state index contributed by atoms with van der Waals surface area (Å²) in [4.78, 5) is 209. The number of nitrogens with one attached hydrogen (secondary N) is 6. The molecule has 0 rings (SSSR count). The van der Waals surface area contributed by atoms with Crippen molar-refractivity contribution in [1.82, 2.24) is 31.9 Å². The van der Waals surface area contributed by atoms with E-state index in [9.17, 15) is 72.2 Å². The van der Waals surface area contributed by atoms with Crippen LogP contribution in [0.5, 0.6) is 0 Å². The van der Waals surface area contributed by atoms with Crippen LogP contribution in [-0.2, 0) is 67.1 Å². The van der Waals surface area contributed by atoms with E-state index in [1.165, 1.54) is 13.8 Å². The van der Waals surface area contributed by atoms with Crippen molar-refractivity contribution < 1.29 is 72.2 Å². The number of rotatable bonds is 61. The average molecular weight is 1520 g/mol. The topological polar surface area (TPSA) is 641 Å². The Bertz CT molecular complexity index is 3020. The van der Waals surface area contributed by atoms with E-state index in [4.69, 9.17) is 57.3 Å². The molecule has 27 N–H and O–H groups in total. The second-order valence-electron chi connectivity index (χ2n) is 29.2. The van der Waals surface area contributed by atoms with Crippen LogP contribution in [0, 0.1) is 53.3 Å². The number of carboxylic acid groups (broad SMARTS) is 1. The number of primary amides is 1. The zero-order valence-electron chi connectivity index (χ0n) is 64.9. The number of nitrogens with two attached hydrogens (primary N) is 10. The van der Waals surface area contributed by atoms with Gasteiger partial charge in [0.05, 0.1) is 30.2 Å². The molecule has 0 aliphatic rings. The first-order chi connectivity index (χ1) is 50.1. The number of ketones is 6. The van der Waals surface area contributed by atoms with Crippen molar-refractivity contribution in [2.24, 2.45) is 131 Å². The summed E-state index contributed by atoms with van der Waals surface area (Å²) in [6, 6.07) is -7.29. The molecule has 0 aromatic heterocycles.